The van der Waals surface area contributed by atoms with Crippen LogP contribution in [-0.4, -0.2) is 18.8 Å². The van der Waals surface area contributed by atoms with E-state index in [1.54, 1.807) is 12.1 Å². The molecule has 1 aromatic carbocycles. The fraction of sp³-hybridized carbons (Fsp3) is 0.625. The summed E-state index contributed by atoms with van der Waals surface area (Å²) in [6.07, 6.45) is 1.53. The Labute approximate surface area is 114 Å². The van der Waals surface area contributed by atoms with E-state index in [0.29, 0.717) is 18.1 Å². The topological polar surface area (TPSA) is 21.3 Å². The van der Waals surface area contributed by atoms with Gasteiger partial charge in [0.2, 0.25) is 0 Å². The number of rotatable bonds is 3. The van der Waals surface area contributed by atoms with Crippen LogP contribution in [0.5, 0.6) is 0 Å². The molecule has 2 nitrogen and oxygen atoms in total. The van der Waals surface area contributed by atoms with Crippen molar-refractivity contribution in [3.05, 3.63) is 35.6 Å². The van der Waals surface area contributed by atoms with Crippen LogP contribution in [0.3, 0.4) is 0 Å². The van der Waals surface area contributed by atoms with E-state index in [9.17, 15) is 4.39 Å². The van der Waals surface area contributed by atoms with Gasteiger partial charge in [-0.1, -0.05) is 26.0 Å². The first-order valence-electron chi connectivity index (χ1n) is 7.13. The molecule has 1 saturated carbocycles. The zero-order valence-corrected chi connectivity index (χ0v) is 11.8. The van der Waals surface area contributed by atoms with E-state index in [0.717, 1.165) is 18.6 Å². The van der Waals surface area contributed by atoms with Crippen LogP contribution in [0.25, 0.3) is 0 Å². The highest BCUT2D eigenvalue weighted by Gasteiger charge is 2.59. The Morgan fingerprint density at radius 1 is 1.42 bits per heavy atom. The average molecular weight is 263 g/mol. The summed E-state index contributed by atoms with van der Waals surface area (Å²) < 4.78 is 19.1. The van der Waals surface area contributed by atoms with Crippen molar-refractivity contribution in [3.63, 3.8) is 0 Å². The van der Waals surface area contributed by atoms with E-state index in [1.165, 1.54) is 6.07 Å². The van der Waals surface area contributed by atoms with E-state index in [2.05, 4.69) is 26.1 Å². The highest BCUT2D eigenvalue weighted by Crippen LogP contribution is 2.52. The number of benzene rings is 1. The summed E-state index contributed by atoms with van der Waals surface area (Å²) >= 11 is 0. The second-order valence-electron chi connectivity index (χ2n) is 6.49. The molecular formula is C16H22FNO. The zero-order valence-electron chi connectivity index (χ0n) is 11.8. The number of nitrogens with one attached hydrogen (secondary N) is 1. The molecule has 4 atom stereocenters. The van der Waals surface area contributed by atoms with Crippen molar-refractivity contribution in [2.75, 3.05) is 6.61 Å². The van der Waals surface area contributed by atoms with Gasteiger partial charge in [-0.25, -0.2) is 4.39 Å². The lowest BCUT2D eigenvalue weighted by atomic mass is 9.57. The minimum atomic E-state index is -0.166. The number of halogens is 1. The Balaban J connectivity index is 1.71. The Hall–Kier alpha value is -0.930. The van der Waals surface area contributed by atoms with Gasteiger partial charge in [0, 0.05) is 30.0 Å². The lowest BCUT2D eigenvalue weighted by Crippen LogP contribution is -2.66. The maximum absolute atomic E-state index is 13.3. The molecule has 2 aliphatic rings. The Morgan fingerprint density at radius 3 is 2.95 bits per heavy atom. The molecule has 1 aromatic rings. The lowest BCUT2D eigenvalue weighted by Gasteiger charge is -2.55. The van der Waals surface area contributed by atoms with Gasteiger partial charge in [0.15, 0.2) is 0 Å². The molecule has 0 radical (unpaired) electrons. The normalized spacial score (nSPS) is 33.6. The summed E-state index contributed by atoms with van der Waals surface area (Å²) in [6.45, 7) is 7.50. The highest BCUT2D eigenvalue weighted by molar-refractivity contribution is 5.21. The summed E-state index contributed by atoms with van der Waals surface area (Å²) in [5.74, 6) is 0.451. The van der Waals surface area contributed by atoms with E-state index in [4.69, 9.17) is 4.74 Å². The van der Waals surface area contributed by atoms with Crippen molar-refractivity contribution >= 4 is 0 Å². The van der Waals surface area contributed by atoms with E-state index >= 15 is 0 Å². The van der Waals surface area contributed by atoms with Crippen LogP contribution in [0, 0.1) is 17.2 Å². The maximum Gasteiger partial charge on any atom is 0.123 e. The largest absolute Gasteiger partial charge is 0.377 e. The molecule has 1 N–H and O–H groups in total. The molecule has 3 rings (SSSR count). The second-order valence-corrected chi connectivity index (χ2v) is 6.49. The van der Waals surface area contributed by atoms with Crippen molar-refractivity contribution in [2.45, 2.75) is 45.4 Å². The Bertz CT molecular complexity index is 474. The SMILES string of the molecule is C[C@H](NC1C2CCOC2C1(C)C)c1cccc(F)c1. The van der Waals surface area contributed by atoms with Crippen molar-refractivity contribution in [3.8, 4) is 0 Å². The summed E-state index contributed by atoms with van der Waals surface area (Å²) in [5.41, 5.74) is 1.18. The first kappa shape index (κ1) is 13.1. The van der Waals surface area contributed by atoms with Gasteiger partial charge in [-0.05, 0) is 31.0 Å². The Morgan fingerprint density at radius 2 is 2.21 bits per heavy atom. The molecule has 0 amide bonds. The second kappa shape index (κ2) is 4.57. The van der Waals surface area contributed by atoms with Crippen LogP contribution in [0.2, 0.25) is 0 Å². The minimum absolute atomic E-state index is 0.166. The van der Waals surface area contributed by atoms with Gasteiger partial charge in [0.1, 0.15) is 5.82 Å². The maximum atomic E-state index is 13.3. The standard InChI is InChI=1S/C16H22FNO/c1-10(11-5-4-6-12(17)9-11)18-14-13-7-8-19-15(13)16(14,2)3/h4-6,9-10,13-15,18H,7-8H2,1-3H3/t10-,13?,14?,15?/m0/s1. The van der Waals surface area contributed by atoms with E-state index < -0.39 is 0 Å². The molecule has 1 aliphatic carbocycles. The predicted octanol–water partition coefficient (Wildman–Crippen LogP) is 3.29. The highest BCUT2D eigenvalue weighted by atomic mass is 19.1. The summed E-state index contributed by atoms with van der Waals surface area (Å²) in [4.78, 5) is 0. The molecule has 1 heterocycles. The molecule has 1 saturated heterocycles. The van der Waals surface area contributed by atoms with Crippen molar-refractivity contribution in [1.82, 2.24) is 5.32 Å². The van der Waals surface area contributed by atoms with Crippen molar-refractivity contribution < 1.29 is 9.13 Å². The van der Waals surface area contributed by atoms with E-state index in [1.807, 2.05) is 6.07 Å². The first-order valence-corrected chi connectivity index (χ1v) is 7.13. The van der Waals surface area contributed by atoms with Crippen LogP contribution >= 0.6 is 0 Å². The molecule has 2 fully saturated rings. The monoisotopic (exact) mass is 263 g/mol. The number of ether oxygens (including phenoxy) is 1. The Kier molecular flexibility index (Phi) is 3.14. The molecule has 3 unspecified atom stereocenters. The van der Waals surface area contributed by atoms with Crippen LogP contribution < -0.4 is 5.32 Å². The van der Waals surface area contributed by atoms with Crippen LogP contribution in [-0.2, 0) is 4.74 Å². The summed E-state index contributed by atoms with van der Waals surface area (Å²) in [7, 11) is 0. The van der Waals surface area contributed by atoms with Crippen LogP contribution in [0.4, 0.5) is 4.39 Å². The lowest BCUT2D eigenvalue weighted by molar-refractivity contribution is -0.115. The van der Waals surface area contributed by atoms with Crippen molar-refractivity contribution in [1.29, 1.82) is 0 Å². The van der Waals surface area contributed by atoms with Gasteiger partial charge in [0.05, 0.1) is 6.10 Å². The van der Waals surface area contributed by atoms with Gasteiger partial charge in [0.25, 0.3) is 0 Å². The quantitative estimate of drug-likeness (QED) is 0.903. The van der Waals surface area contributed by atoms with Gasteiger partial charge in [-0.3, -0.25) is 0 Å². The van der Waals surface area contributed by atoms with Crippen LogP contribution in [0.15, 0.2) is 24.3 Å². The molecule has 0 bridgehead atoms. The fourth-order valence-electron chi connectivity index (χ4n) is 3.80. The number of fused-ring (bicyclic) bond motifs is 1. The molecule has 104 valence electrons. The van der Waals surface area contributed by atoms with Gasteiger partial charge in [-0.15, -0.1) is 0 Å². The summed E-state index contributed by atoms with van der Waals surface area (Å²) in [5, 5.41) is 3.67. The van der Waals surface area contributed by atoms with Gasteiger partial charge in [-0.2, -0.15) is 0 Å². The smallest absolute Gasteiger partial charge is 0.123 e. The molecule has 1 aliphatic heterocycles. The molecular weight excluding hydrogens is 241 g/mol. The molecule has 0 aromatic heterocycles. The minimum Gasteiger partial charge on any atom is -0.377 e. The third-order valence-corrected chi connectivity index (χ3v) is 4.88. The molecule has 19 heavy (non-hydrogen) atoms. The number of hydrogen-bond donors (Lipinski definition) is 1. The third-order valence-electron chi connectivity index (χ3n) is 4.88. The number of hydrogen-bond acceptors (Lipinski definition) is 2. The molecule has 3 heteroatoms. The zero-order chi connectivity index (χ0) is 13.6. The van der Waals surface area contributed by atoms with Gasteiger partial charge < -0.3 is 10.1 Å². The van der Waals surface area contributed by atoms with Crippen LogP contribution in [0.1, 0.15) is 38.8 Å². The first-order chi connectivity index (χ1) is 9.00. The average Bonchev–Trinajstić information content (AvgIpc) is 2.82. The predicted molar refractivity (Wildman–Crippen MR) is 73.4 cm³/mol. The van der Waals surface area contributed by atoms with Gasteiger partial charge >= 0.3 is 0 Å². The fourth-order valence-corrected chi connectivity index (χ4v) is 3.80. The van der Waals surface area contributed by atoms with E-state index in [-0.39, 0.29) is 17.3 Å². The summed E-state index contributed by atoms with van der Waals surface area (Å²) in [6, 6.07) is 7.49. The third kappa shape index (κ3) is 2.09. The van der Waals surface area contributed by atoms with Crippen molar-refractivity contribution in [2.24, 2.45) is 11.3 Å². The molecule has 0 spiro atoms.